The fourth-order valence-corrected chi connectivity index (χ4v) is 4.26. The predicted octanol–water partition coefficient (Wildman–Crippen LogP) is 4.91. The second-order valence-electron chi connectivity index (χ2n) is 6.73. The van der Waals surface area contributed by atoms with E-state index in [-0.39, 0.29) is 23.5 Å². The summed E-state index contributed by atoms with van der Waals surface area (Å²) in [5, 5.41) is 11.2. The third-order valence-electron chi connectivity index (χ3n) is 4.61. The molecule has 2 saturated heterocycles. The predicted molar refractivity (Wildman–Crippen MR) is 95.1 cm³/mol. The lowest BCUT2D eigenvalue weighted by Crippen LogP contribution is -2.28. The van der Waals surface area contributed by atoms with E-state index in [1.54, 1.807) is 16.7 Å². The van der Waals surface area contributed by atoms with Crippen LogP contribution in [0.5, 0.6) is 0 Å². The molecule has 0 radical (unpaired) electrons. The van der Waals surface area contributed by atoms with Crippen molar-refractivity contribution in [2.24, 2.45) is 0 Å². The molecule has 0 bridgehead atoms. The molecule has 1 aromatic heterocycles. The van der Waals surface area contributed by atoms with E-state index in [9.17, 15) is 5.26 Å². The Balaban J connectivity index is 1.91. The van der Waals surface area contributed by atoms with Crippen molar-refractivity contribution in [1.29, 1.82) is 5.26 Å². The first-order valence-electron chi connectivity index (χ1n) is 7.83. The van der Waals surface area contributed by atoms with E-state index in [0.717, 1.165) is 0 Å². The third-order valence-corrected chi connectivity index (χ3v) is 5.71. The van der Waals surface area contributed by atoms with Crippen LogP contribution in [-0.4, -0.2) is 28.7 Å². The van der Waals surface area contributed by atoms with Crippen LogP contribution in [0.2, 0.25) is 15.2 Å². The summed E-state index contributed by atoms with van der Waals surface area (Å²) in [6.45, 7) is 5.65. The highest BCUT2D eigenvalue weighted by Gasteiger charge is 2.55. The van der Waals surface area contributed by atoms with Crippen LogP contribution in [0.3, 0.4) is 0 Å². The van der Waals surface area contributed by atoms with E-state index in [1.165, 1.54) is 0 Å². The zero-order valence-corrected chi connectivity index (χ0v) is 16.0. The summed E-state index contributed by atoms with van der Waals surface area (Å²) in [5.74, 6) is -0.708. The van der Waals surface area contributed by atoms with Gasteiger partial charge in [0.25, 0.3) is 0 Å². The van der Waals surface area contributed by atoms with Gasteiger partial charge in [0.15, 0.2) is 12.0 Å². The van der Waals surface area contributed by atoms with Gasteiger partial charge in [0, 0.05) is 5.39 Å². The molecule has 132 valence electrons. The molecule has 0 N–H and O–H groups in total. The molecule has 25 heavy (non-hydrogen) atoms. The van der Waals surface area contributed by atoms with Gasteiger partial charge in [-0.05, 0) is 32.9 Å². The Morgan fingerprint density at radius 2 is 1.76 bits per heavy atom. The van der Waals surface area contributed by atoms with Crippen LogP contribution >= 0.6 is 34.8 Å². The highest BCUT2D eigenvalue weighted by atomic mass is 35.5. The first kappa shape index (κ1) is 17.4. The summed E-state index contributed by atoms with van der Waals surface area (Å²) >= 11 is 18.8. The molecular weight excluding hydrogens is 387 g/mol. The second kappa shape index (κ2) is 5.75. The van der Waals surface area contributed by atoms with E-state index >= 15 is 0 Å². The number of ether oxygens (including phenoxy) is 3. The van der Waals surface area contributed by atoms with Crippen molar-refractivity contribution in [3.63, 3.8) is 0 Å². The summed E-state index contributed by atoms with van der Waals surface area (Å²) in [6, 6.07) is 5.47. The maximum atomic E-state index is 9.53. The molecule has 2 aromatic rings. The average Bonchev–Trinajstić information content (AvgIpc) is 3.08. The van der Waals surface area contributed by atoms with Crippen LogP contribution in [0.4, 0.5) is 0 Å². The van der Waals surface area contributed by atoms with E-state index in [1.807, 2.05) is 20.8 Å². The van der Waals surface area contributed by atoms with Gasteiger partial charge in [-0.25, -0.2) is 0 Å². The second-order valence-corrected chi connectivity index (χ2v) is 7.90. The van der Waals surface area contributed by atoms with Crippen molar-refractivity contribution < 1.29 is 14.2 Å². The zero-order valence-electron chi connectivity index (χ0n) is 13.7. The van der Waals surface area contributed by atoms with Gasteiger partial charge in [-0.3, -0.25) is 0 Å². The summed E-state index contributed by atoms with van der Waals surface area (Å²) in [4.78, 5) is 0. The molecule has 1 aromatic carbocycles. The normalized spacial score (nSPS) is 30.6. The molecule has 0 saturated carbocycles. The fourth-order valence-electron chi connectivity index (χ4n) is 3.61. The smallest absolute Gasteiger partial charge is 0.164 e. The zero-order chi connectivity index (χ0) is 18.1. The standard InChI is InChI=1S/C17H15Cl3N2O3/c1-7-13-14(25-17(2,3)24-13)16(23-7)22-12-5-11(19)10(18)4-8(12)9(6-21)15(22)20/h4-5,7,13-14,16H,1-3H3/t7-,13?,14?,16-/m1/s1. The van der Waals surface area contributed by atoms with Crippen LogP contribution in [0, 0.1) is 11.3 Å². The van der Waals surface area contributed by atoms with Crippen molar-refractivity contribution in [2.75, 3.05) is 0 Å². The van der Waals surface area contributed by atoms with Crippen LogP contribution < -0.4 is 0 Å². The lowest BCUT2D eigenvalue weighted by molar-refractivity contribution is -0.194. The number of rotatable bonds is 1. The molecule has 4 rings (SSSR count). The molecule has 3 heterocycles. The molecule has 5 nitrogen and oxygen atoms in total. The summed E-state index contributed by atoms with van der Waals surface area (Å²) < 4.78 is 19.8. The number of nitriles is 1. The van der Waals surface area contributed by atoms with Crippen LogP contribution in [0.25, 0.3) is 10.9 Å². The molecule has 2 aliphatic rings. The topological polar surface area (TPSA) is 56.4 Å². The highest BCUT2D eigenvalue weighted by Crippen LogP contribution is 2.46. The van der Waals surface area contributed by atoms with E-state index in [0.29, 0.717) is 26.5 Å². The van der Waals surface area contributed by atoms with Gasteiger partial charge in [-0.15, -0.1) is 0 Å². The molecule has 2 aliphatic heterocycles. The van der Waals surface area contributed by atoms with E-state index in [2.05, 4.69) is 6.07 Å². The Morgan fingerprint density at radius 1 is 1.12 bits per heavy atom. The Morgan fingerprint density at radius 3 is 2.44 bits per heavy atom. The SMILES string of the molecule is C[C@H]1O[C@@H](n2c(Cl)c(C#N)c3cc(Cl)c(Cl)cc32)C2OC(C)(C)OC21. The molecule has 0 amide bonds. The summed E-state index contributed by atoms with van der Waals surface area (Å²) in [5.41, 5.74) is 0.996. The highest BCUT2D eigenvalue weighted by molar-refractivity contribution is 6.43. The number of nitrogens with zero attached hydrogens (tertiary/aromatic N) is 2. The van der Waals surface area contributed by atoms with Gasteiger partial charge in [0.2, 0.25) is 0 Å². The lowest BCUT2D eigenvalue weighted by Gasteiger charge is -2.24. The van der Waals surface area contributed by atoms with Gasteiger partial charge >= 0.3 is 0 Å². The minimum Gasteiger partial charge on any atom is -0.349 e. The summed E-state index contributed by atoms with van der Waals surface area (Å²) in [6.07, 6.45) is -1.28. The molecule has 0 aliphatic carbocycles. The first-order valence-corrected chi connectivity index (χ1v) is 8.96. The lowest BCUT2D eigenvalue weighted by atomic mass is 10.1. The van der Waals surface area contributed by atoms with Gasteiger partial charge in [-0.1, -0.05) is 34.8 Å². The largest absolute Gasteiger partial charge is 0.349 e. The number of benzene rings is 1. The maximum absolute atomic E-state index is 9.53. The van der Waals surface area contributed by atoms with Crippen molar-refractivity contribution >= 4 is 45.7 Å². The first-order chi connectivity index (χ1) is 11.7. The number of halogens is 3. The Labute approximate surface area is 159 Å². The fraction of sp³-hybridized carbons (Fsp3) is 0.471. The van der Waals surface area contributed by atoms with Crippen LogP contribution in [-0.2, 0) is 14.2 Å². The molecule has 2 unspecified atom stereocenters. The molecule has 8 heteroatoms. The van der Waals surface area contributed by atoms with Gasteiger partial charge in [-0.2, -0.15) is 5.26 Å². The quantitative estimate of drug-likeness (QED) is 0.681. The Hall–Kier alpha value is -1.00. The number of fused-ring (bicyclic) bond motifs is 2. The van der Waals surface area contributed by atoms with Gasteiger partial charge in [0.1, 0.15) is 23.4 Å². The Kier molecular flexibility index (Phi) is 4.01. The van der Waals surface area contributed by atoms with Crippen molar-refractivity contribution in [3.05, 3.63) is 32.9 Å². The number of aromatic nitrogens is 1. The molecular formula is C17H15Cl3N2O3. The third kappa shape index (κ3) is 2.56. The van der Waals surface area contributed by atoms with Gasteiger partial charge in [0.05, 0.1) is 27.2 Å². The van der Waals surface area contributed by atoms with E-state index in [4.69, 9.17) is 49.0 Å². The Bertz CT molecular complexity index is 918. The van der Waals surface area contributed by atoms with Crippen molar-refractivity contribution in [1.82, 2.24) is 4.57 Å². The monoisotopic (exact) mass is 400 g/mol. The van der Waals surface area contributed by atoms with Crippen LogP contribution in [0.1, 0.15) is 32.6 Å². The van der Waals surface area contributed by atoms with Crippen molar-refractivity contribution in [2.45, 2.75) is 51.1 Å². The molecule has 4 atom stereocenters. The van der Waals surface area contributed by atoms with Crippen LogP contribution in [0.15, 0.2) is 12.1 Å². The summed E-state index contributed by atoms with van der Waals surface area (Å²) in [7, 11) is 0. The number of hydrogen-bond acceptors (Lipinski definition) is 4. The van der Waals surface area contributed by atoms with Gasteiger partial charge < -0.3 is 18.8 Å². The van der Waals surface area contributed by atoms with E-state index < -0.39 is 12.0 Å². The average molecular weight is 402 g/mol. The van der Waals surface area contributed by atoms with Crippen molar-refractivity contribution in [3.8, 4) is 6.07 Å². The minimum absolute atomic E-state index is 0.182. The maximum Gasteiger partial charge on any atom is 0.164 e. The minimum atomic E-state index is -0.708. The molecule has 2 fully saturated rings. The molecule has 0 spiro atoms. The number of hydrogen-bond donors (Lipinski definition) is 0.